The van der Waals surface area contributed by atoms with Gasteiger partial charge in [0.25, 0.3) is 0 Å². The average molecular weight is 194 g/mol. The normalized spacial score (nSPS) is 27.5. The summed E-state index contributed by atoms with van der Waals surface area (Å²) >= 11 is 0. The number of hydrogen-bond donors (Lipinski definition) is 0. The van der Waals surface area contributed by atoms with E-state index >= 15 is 0 Å². The maximum absolute atomic E-state index is 10.9. The molecule has 0 radical (unpaired) electrons. The standard InChI is InChI=1S/C12H18O2/c1-9-4-5-11(10(2)8-9)6-7-12(13)14-3/h6-8,10-11H,4-5H2,1-3H3/b7-6+. The van der Waals surface area contributed by atoms with Gasteiger partial charge in [-0.15, -0.1) is 0 Å². The van der Waals surface area contributed by atoms with E-state index in [0.29, 0.717) is 11.8 Å². The maximum Gasteiger partial charge on any atom is 0.330 e. The number of esters is 1. The molecule has 0 aromatic rings. The van der Waals surface area contributed by atoms with Crippen molar-refractivity contribution >= 4 is 5.97 Å². The fourth-order valence-electron chi connectivity index (χ4n) is 1.85. The van der Waals surface area contributed by atoms with Gasteiger partial charge in [-0.3, -0.25) is 0 Å². The monoisotopic (exact) mass is 194 g/mol. The number of carbonyl (C=O) groups excluding carboxylic acids is 1. The Kier molecular flexibility index (Phi) is 3.93. The fraction of sp³-hybridized carbons (Fsp3) is 0.583. The number of carbonyl (C=O) groups is 1. The fourth-order valence-corrected chi connectivity index (χ4v) is 1.85. The van der Waals surface area contributed by atoms with E-state index in [-0.39, 0.29) is 5.97 Å². The van der Waals surface area contributed by atoms with E-state index in [4.69, 9.17) is 0 Å². The minimum atomic E-state index is -0.261. The van der Waals surface area contributed by atoms with Crippen molar-refractivity contribution in [2.75, 3.05) is 7.11 Å². The minimum absolute atomic E-state index is 0.261. The molecule has 14 heavy (non-hydrogen) atoms. The number of methoxy groups -OCH3 is 1. The molecule has 0 saturated carbocycles. The molecule has 2 atom stereocenters. The van der Waals surface area contributed by atoms with Crippen LogP contribution in [-0.4, -0.2) is 13.1 Å². The van der Waals surface area contributed by atoms with Crippen LogP contribution in [0, 0.1) is 11.8 Å². The molecule has 0 heterocycles. The van der Waals surface area contributed by atoms with Crippen LogP contribution in [0.2, 0.25) is 0 Å². The van der Waals surface area contributed by atoms with Gasteiger partial charge in [0.05, 0.1) is 7.11 Å². The van der Waals surface area contributed by atoms with Gasteiger partial charge >= 0.3 is 5.97 Å². The quantitative estimate of drug-likeness (QED) is 0.384. The zero-order valence-electron chi connectivity index (χ0n) is 9.12. The van der Waals surface area contributed by atoms with Gasteiger partial charge < -0.3 is 4.74 Å². The Morgan fingerprint density at radius 1 is 1.64 bits per heavy atom. The molecule has 2 unspecified atom stereocenters. The largest absolute Gasteiger partial charge is 0.466 e. The van der Waals surface area contributed by atoms with E-state index in [2.05, 4.69) is 24.7 Å². The summed E-state index contributed by atoms with van der Waals surface area (Å²) in [7, 11) is 1.40. The number of ether oxygens (including phenoxy) is 1. The predicted octanol–water partition coefficient (Wildman–Crippen LogP) is 2.71. The third kappa shape index (κ3) is 3.02. The molecule has 0 aromatic heterocycles. The summed E-state index contributed by atoms with van der Waals surface area (Å²) in [5, 5.41) is 0. The van der Waals surface area contributed by atoms with E-state index in [1.54, 1.807) is 0 Å². The van der Waals surface area contributed by atoms with Gasteiger partial charge in [-0.2, -0.15) is 0 Å². The molecule has 1 aliphatic rings. The highest BCUT2D eigenvalue weighted by atomic mass is 16.5. The first-order valence-electron chi connectivity index (χ1n) is 5.07. The molecule has 1 aliphatic carbocycles. The van der Waals surface area contributed by atoms with E-state index in [9.17, 15) is 4.79 Å². The SMILES string of the molecule is COC(=O)/C=C/C1CCC(C)=CC1C. The molecular weight excluding hydrogens is 176 g/mol. The lowest BCUT2D eigenvalue weighted by molar-refractivity contribution is -0.134. The second-order valence-electron chi connectivity index (χ2n) is 3.96. The van der Waals surface area contributed by atoms with Crippen molar-refractivity contribution in [2.24, 2.45) is 11.8 Å². The zero-order valence-corrected chi connectivity index (χ0v) is 9.12. The van der Waals surface area contributed by atoms with Crippen molar-refractivity contribution in [3.8, 4) is 0 Å². The van der Waals surface area contributed by atoms with E-state index in [1.807, 2.05) is 6.08 Å². The molecule has 0 aromatic carbocycles. The summed E-state index contributed by atoms with van der Waals surface area (Å²) in [4.78, 5) is 10.9. The Morgan fingerprint density at radius 3 is 2.93 bits per heavy atom. The van der Waals surface area contributed by atoms with Crippen LogP contribution in [0.3, 0.4) is 0 Å². The van der Waals surface area contributed by atoms with Gasteiger partial charge in [0, 0.05) is 6.08 Å². The van der Waals surface area contributed by atoms with Crippen LogP contribution >= 0.6 is 0 Å². The first-order valence-corrected chi connectivity index (χ1v) is 5.07. The molecule has 0 amide bonds. The molecule has 0 spiro atoms. The van der Waals surface area contributed by atoms with Gasteiger partial charge in [0.2, 0.25) is 0 Å². The second kappa shape index (κ2) is 4.99. The Morgan fingerprint density at radius 2 is 2.36 bits per heavy atom. The van der Waals surface area contributed by atoms with Crippen molar-refractivity contribution in [1.82, 2.24) is 0 Å². The van der Waals surface area contributed by atoms with Gasteiger partial charge in [0.15, 0.2) is 0 Å². The predicted molar refractivity (Wildman–Crippen MR) is 56.8 cm³/mol. The number of allylic oxidation sites excluding steroid dienone is 3. The molecule has 2 heteroatoms. The van der Waals surface area contributed by atoms with Crippen LogP contribution in [0.4, 0.5) is 0 Å². The molecular formula is C12H18O2. The van der Waals surface area contributed by atoms with Crippen LogP contribution in [0.5, 0.6) is 0 Å². The van der Waals surface area contributed by atoms with Crippen LogP contribution in [0.1, 0.15) is 26.7 Å². The lowest BCUT2D eigenvalue weighted by atomic mass is 9.82. The first-order chi connectivity index (χ1) is 6.63. The van der Waals surface area contributed by atoms with Gasteiger partial charge in [-0.1, -0.05) is 24.6 Å². The van der Waals surface area contributed by atoms with Gasteiger partial charge in [0.1, 0.15) is 0 Å². The molecule has 0 bridgehead atoms. The summed E-state index contributed by atoms with van der Waals surface area (Å²) in [5.74, 6) is 0.755. The lowest BCUT2D eigenvalue weighted by Crippen LogP contribution is -2.12. The summed E-state index contributed by atoms with van der Waals surface area (Å²) in [6, 6.07) is 0. The Hall–Kier alpha value is -1.05. The Bertz CT molecular complexity index is 263. The zero-order chi connectivity index (χ0) is 10.6. The molecule has 0 N–H and O–H groups in total. The lowest BCUT2D eigenvalue weighted by Gasteiger charge is -2.23. The van der Waals surface area contributed by atoms with Crippen molar-refractivity contribution in [3.63, 3.8) is 0 Å². The minimum Gasteiger partial charge on any atom is -0.466 e. The highest BCUT2D eigenvalue weighted by Gasteiger charge is 2.17. The van der Waals surface area contributed by atoms with Crippen molar-refractivity contribution in [1.29, 1.82) is 0 Å². The van der Waals surface area contributed by atoms with E-state index in [0.717, 1.165) is 12.8 Å². The summed E-state index contributed by atoms with van der Waals surface area (Å²) in [6.07, 6.45) is 8.07. The van der Waals surface area contributed by atoms with Gasteiger partial charge in [-0.25, -0.2) is 4.79 Å². The molecule has 78 valence electrons. The van der Waals surface area contributed by atoms with Crippen molar-refractivity contribution in [3.05, 3.63) is 23.8 Å². The highest BCUT2D eigenvalue weighted by molar-refractivity contribution is 5.81. The number of rotatable bonds is 2. The summed E-state index contributed by atoms with van der Waals surface area (Å²) < 4.78 is 4.56. The van der Waals surface area contributed by atoms with E-state index < -0.39 is 0 Å². The average Bonchev–Trinajstić information content (AvgIpc) is 2.16. The van der Waals surface area contributed by atoms with Crippen LogP contribution in [-0.2, 0) is 9.53 Å². The Labute approximate surface area is 85.6 Å². The highest BCUT2D eigenvalue weighted by Crippen LogP contribution is 2.29. The topological polar surface area (TPSA) is 26.3 Å². The third-order valence-electron chi connectivity index (χ3n) is 2.78. The van der Waals surface area contributed by atoms with Crippen LogP contribution in [0.25, 0.3) is 0 Å². The summed E-state index contributed by atoms with van der Waals surface area (Å²) in [5.41, 5.74) is 1.46. The smallest absolute Gasteiger partial charge is 0.330 e. The third-order valence-corrected chi connectivity index (χ3v) is 2.78. The van der Waals surface area contributed by atoms with E-state index in [1.165, 1.54) is 18.8 Å². The molecule has 2 nitrogen and oxygen atoms in total. The molecule has 0 aliphatic heterocycles. The first kappa shape index (κ1) is 11.0. The summed E-state index contributed by atoms with van der Waals surface area (Å²) in [6.45, 7) is 4.35. The van der Waals surface area contributed by atoms with Crippen LogP contribution < -0.4 is 0 Å². The molecule has 0 saturated heterocycles. The van der Waals surface area contributed by atoms with Crippen molar-refractivity contribution in [2.45, 2.75) is 26.7 Å². The Balaban J connectivity index is 2.55. The van der Waals surface area contributed by atoms with Crippen molar-refractivity contribution < 1.29 is 9.53 Å². The van der Waals surface area contributed by atoms with Crippen LogP contribution in [0.15, 0.2) is 23.8 Å². The second-order valence-corrected chi connectivity index (χ2v) is 3.96. The maximum atomic E-state index is 10.9. The van der Waals surface area contributed by atoms with Gasteiger partial charge in [-0.05, 0) is 31.6 Å². The molecule has 1 rings (SSSR count). The molecule has 0 fully saturated rings. The number of hydrogen-bond acceptors (Lipinski definition) is 2.